The van der Waals surface area contributed by atoms with Gasteiger partial charge >= 0.3 is 0 Å². The van der Waals surface area contributed by atoms with Crippen LogP contribution in [-0.2, 0) is 0 Å². The zero-order valence-corrected chi connectivity index (χ0v) is 12.9. The smallest absolute Gasteiger partial charge is 0.163 e. The summed E-state index contributed by atoms with van der Waals surface area (Å²) < 4.78 is 14.2. The Balaban J connectivity index is 2.28. The maximum Gasteiger partial charge on any atom is 0.163 e. The van der Waals surface area contributed by atoms with E-state index in [1.165, 1.54) is 12.1 Å². The monoisotopic (exact) mass is 325 g/mol. The Labute approximate surface area is 139 Å². The summed E-state index contributed by atoms with van der Waals surface area (Å²) in [6.07, 6.45) is 2.55. The Morgan fingerprint density at radius 2 is 1.75 bits per heavy atom. The van der Waals surface area contributed by atoms with Crippen LogP contribution in [0.1, 0.15) is 25.7 Å². The molecule has 3 N–H and O–H groups in total. The Bertz CT molecular complexity index is 745. The van der Waals surface area contributed by atoms with Crippen LogP contribution in [0.25, 0.3) is 0 Å². The molecule has 1 fully saturated rings. The van der Waals surface area contributed by atoms with Gasteiger partial charge in [0.1, 0.15) is 29.7 Å². The normalized spacial score (nSPS) is 19.3. The van der Waals surface area contributed by atoms with E-state index < -0.39 is 11.4 Å². The average molecular weight is 325 g/mol. The molecule has 0 bridgehead atoms. The molecular weight excluding hydrogens is 309 g/mol. The molecular formula is C17H16FN5O. The lowest BCUT2D eigenvalue weighted by Crippen LogP contribution is -2.28. The van der Waals surface area contributed by atoms with Gasteiger partial charge in [0.2, 0.25) is 0 Å². The summed E-state index contributed by atoms with van der Waals surface area (Å²) in [6.45, 7) is 0. The molecule has 1 aliphatic carbocycles. The van der Waals surface area contributed by atoms with Crippen LogP contribution in [0.15, 0.2) is 29.5 Å². The molecule has 122 valence electrons. The summed E-state index contributed by atoms with van der Waals surface area (Å²) >= 11 is 0. The number of nitriles is 3. The fourth-order valence-electron chi connectivity index (χ4n) is 2.62. The standard InChI is InChI=1S/C17H16FN5O/c18-14-2-1-3-15(22-12-4-6-13(24)7-5-12)17(14)23-16(10-21)11(8-19)9-20/h1-3,12-13,22-24H,4-7H2. The molecule has 0 atom stereocenters. The second-order valence-electron chi connectivity index (χ2n) is 5.52. The molecule has 2 rings (SSSR count). The first-order chi connectivity index (χ1) is 11.6. The first-order valence-electron chi connectivity index (χ1n) is 7.53. The summed E-state index contributed by atoms with van der Waals surface area (Å²) in [7, 11) is 0. The van der Waals surface area contributed by atoms with E-state index in [0.29, 0.717) is 18.5 Å². The van der Waals surface area contributed by atoms with Crippen LogP contribution in [0, 0.1) is 39.8 Å². The van der Waals surface area contributed by atoms with E-state index >= 15 is 0 Å². The molecule has 24 heavy (non-hydrogen) atoms. The SMILES string of the molecule is N#CC(C#N)=C(C#N)Nc1c(F)cccc1NC1CCC(O)CC1. The van der Waals surface area contributed by atoms with Crippen molar-refractivity contribution < 1.29 is 9.50 Å². The van der Waals surface area contributed by atoms with Gasteiger partial charge in [-0.15, -0.1) is 0 Å². The van der Waals surface area contributed by atoms with Crippen molar-refractivity contribution in [3.05, 3.63) is 35.3 Å². The number of hydrogen-bond acceptors (Lipinski definition) is 6. The zero-order valence-electron chi connectivity index (χ0n) is 12.9. The van der Waals surface area contributed by atoms with Crippen molar-refractivity contribution in [1.82, 2.24) is 0 Å². The van der Waals surface area contributed by atoms with Gasteiger partial charge in [0, 0.05) is 6.04 Å². The average Bonchev–Trinajstić information content (AvgIpc) is 2.59. The van der Waals surface area contributed by atoms with Crippen molar-refractivity contribution in [2.24, 2.45) is 0 Å². The largest absolute Gasteiger partial charge is 0.393 e. The number of anilines is 2. The highest BCUT2D eigenvalue weighted by molar-refractivity contribution is 5.73. The van der Waals surface area contributed by atoms with Gasteiger partial charge in [-0.2, -0.15) is 15.8 Å². The number of aliphatic hydroxyl groups is 1. The number of nitrogens with zero attached hydrogens (tertiary/aromatic N) is 3. The van der Waals surface area contributed by atoms with Crippen molar-refractivity contribution in [3.8, 4) is 18.2 Å². The van der Waals surface area contributed by atoms with Crippen LogP contribution >= 0.6 is 0 Å². The third-order valence-corrected chi connectivity index (χ3v) is 3.91. The lowest BCUT2D eigenvalue weighted by molar-refractivity contribution is 0.126. The Morgan fingerprint density at radius 3 is 2.33 bits per heavy atom. The molecule has 1 aromatic carbocycles. The number of halogens is 1. The summed E-state index contributed by atoms with van der Waals surface area (Å²) in [5.74, 6) is -0.598. The van der Waals surface area contributed by atoms with Gasteiger partial charge in [0.05, 0.1) is 17.5 Å². The molecule has 0 unspecified atom stereocenters. The van der Waals surface area contributed by atoms with E-state index in [1.807, 2.05) is 0 Å². The van der Waals surface area contributed by atoms with Gasteiger partial charge in [0.15, 0.2) is 5.57 Å². The minimum Gasteiger partial charge on any atom is -0.393 e. The number of allylic oxidation sites excluding steroid dienone is 2. The van der Waals surface area contributed by atoms with Gasteiger partial charge in [0.25, 0.3) is 0 Å². The summed E-state index contributed by atoms with van der Waals surface area (Å²) in [5, 5.41) is 42.2. The van der Waals surface area contributed by atoms with Crippen molar-refractivity contribution in [3.63, 3.8) is 0 Å². The predicted molar refractivity (Wildman–Crippen MR) is 85.8 cm³/mol. The lowest BCUT2D eigenvalue weighted by Gasteiger charge is -2.28. The number of hydrogen-bond donors (Lipinski definition) is 3. The lowest BCUT2D eigenvalue weighted by atomic mass is 9.93. The second kappa shape index (κ2) is 7.97. The molecule has 1 aliphatic rings. The minimum atomic E-state index is -0.598. The van der Waals surface area contributed by atoms with E-state index in [-0.39, 0.29) is 23.5 Å². The maximum atomic E-state index is 14.2. The highest BCUT2D eigenvalue weighted by Crippen LogP contribution is 2.30. The zero-order chi connectivity index (χ0) is 17.5. The van der Waals surface area contributed by atoms with E-state index in [0.717, 1.165) is 12.8 Å². The molecule has 0 saturated heterocycles. The van der Waals surface area contributed by atoms with Crippen molar-refractivity contribution in [1.29, 1.82) is 15.8 Å². The minimum absolute atomic E-state index is 0.0168. The maximum absolute atomic E-state index is 14.2. The number of benzene rings is 1. The molecule has 0 heterocycles. The van der Waals surface area contributed by atoms with Gasteiger partial charge < -0.3 is 15.7 Å². The van der Waals surface area contributed by atoms with Crippen LogP contribution in [0.2, 0.25) is 0 Å². The topological polar surface area (TPSA) is 116 Å². The van der Waals surface area contributed by atoms with Crippen LogP contribution in [0.3, 0.4) is 0 Å². The molecule has 6 nitrogen and oxygen atoms in total. The van der Waals surface area contributed by atoms with E-state index in [9.17, 15) is 9.50 Å². The Morgan fingerprint density at radius 1 is 1.08 bits per heavy atom. The first kappa shape index (κ1) is 17.3. The van der Waals surface area contributed by atoms with Crippen LogP contribution in [0.4, 0.5) is 15.8 Å². The number of aliphatic hydroxyl groups excluding tert-OH is 1. The molecule has 0 spiro atoms. The van der Waals surface area contributed by atoms with E-state index in [1.54, 1.807) is 24.3 Å². The van der Waals surface area contributed by atoms with Gasteiger partial charge in [-0.05, 0) is 37.8 Å². The van der Waals surface area contributed by atoms with Crippen LogP contribution in [-0.4, -0.2) is 17.3 Å². The fourth-order valence-corrected chi connectivity index (χ4v) is 2.62. The highest BCUT2D eigenvalue weighted by atomic mass is 19.1. The Hall–Kier alpha value is -3.08. The summed E-state index contributed by atoms with van der Waals surface area (Å²) in [6, 6.07) is 9.43. The number of rotatable bonds is 4. The van der Waals surface area contributed by atoms with Crippen LogP contribution in [0.5, 0.6) is 0 Å². The predicted octanol–water partition coefficient (Wildman–Crippen LogP) is 2.78. The van der Waals surface area contributed by atoms with E-state index in [2.05, 4.69) is 10.6 Å². The second-order valence-corrected chi connectivity index (χ2v) is 5.52. The van der Waals surface area contributed by atoms with Crippen LogP contribution < -0.4 is 10.6 Å². The molecule has 0 radical (unpaired) electrons. The van der Waals surface area contributed by atoms with Crippen molar-refractivity contribution in [2.75, 3.05) is 10.6 Å². The van der Waals surface area contributed by atoms with Crippen molar-refractivity contribution in [2.45, 2.75) is 37.8 Å². The third kappa shape index (κ3) is 4.01. The highest BCUT2D eigenvalue weighted by Gasteiger charge is 2.21. The molecule has 1 saturated carbocycles. The number of nitrogens with one attached hydrogen (secondary N) is 2. The first-order valence-corrected chi connectivity index (χ1v) is 7.53. The molecule has 0 aromatic heterocycles. The molecule has 0 aliphatic heterocycles. The van der Waals surface area contributed by atoms with E-state index in [4.69, 9.17) is 15.8 Å². The summed E-state index contributed by atoms with van der Waals surface area (Å²) in [4.78, 5) is 0. The number of para-hydroxylation sites is 1. The third-order valence-electron chi connectivity index (χ3n) is 3.91. The summed E-state index contributed by atoms with van der Waals surface area (Å²) in [5.41, 5.74) is -0.248. The Kier molecular flexibility index (Phi) is 5.73. The van der Waals surface area contributed by atoms with Gasteiger partial charge in [-0.1, -0.05) is 6.07 Å². The van der Waals surface area contributed by atoms with Crippen molar-refractivity contribution >= 4 is 11.4 Å². The molecule has 0 amide bonds. The van der Waals surface area contributed by atoms with Gasteiger partial charge in [-0.25, -0.2) is 4.39 Å². The molecule has 1 aromatic rings. The quantitative estimate of drug-likeness (QED) is 0.733. The molecule has 7 heteroatoms. The fraction of sp³-hybridized carbons (Fsp3) is 0.353. The van der Waals surface area contributed by atoms with Gasteiger partial charge in [-0.3, -0.25) is 0 Å².